The Morgan fingerprint density at radius 2 is 2.00 bits per heavy atom. The first-order chi connectivity index (χ1) is 10.9. The molecule has 0 fully saturated rings. The molecule has 0 atom stereocenters. The molecule has 22 heavy (non-hydrogen) atoms. The first-order valence-corrected chi connectivity index (χ1v) is 8.02. The van der Waals surface area contributed by atoms with Crippen molar-refractivity contribution in [1.29, 1.82) is 0 Å². The van der Waals surface area contributed by atoms with Crippen molar-refractivity contribution in [1.82, 2.24) is 19.7 Å². The number of para-hydroxylation sites is 1. The minimum Gasteiger partial charge on any atom is -0.295 e. The van der Waals surface area contributed by atoms with E-state index in [0.29, 0.717) is 0 Å². The zero-order valence-electron chi connectivity index (χ0n) is 11.8. The summed E-state index contributed by atoms with van der Waals surface area (Å²) in [5, 5.41) is 9.20. The average molecular weight is 306 g/mol. The monoisotopic (exact) mass is 306 g/mol. The molecule has 0 saturated carbocycles. The second-order valence-electron chi connectivity index (χ2n) is 5.00. The highest BCUT2D eigenvalue weighted by atomic mass is 32.2. The molecule has 0 aliphatic heterocycles. The number of aromatic nitrogens is 4. The molecule has 0 unspecified atom stereocenters. The Morgan fingerprint density at radius 1 is 1.09 bits per heavy atom. The Morgan fingerprint density at radius 3 is 2.91 bits per heavy atom. The fourth-order valence-electron chi connectivity index (χ4n) is 2.40. The molecule has 108 valence electrons. The van der Waals surface area contributed by atoms with Crippen molar-refractivity contribution in [3.05, 3.63) is 72.7 Å². The van der Waals surface area contributed by atoms with Crippen LogP contribution in [0, 0.1) is 0 Å². The third-order valence-corrected chi connectivity index (χ3v) is 4.55. The largest absolute Gasteiger partial charge is 0.295 e. The number of benzene rings is 2. The Balaban J connectivity index is 1.56. The van der Waals surface area contributed by atoms with Crippen LogP contribution in [0.5, 0.6) is 0 Å². The molecule has 2 heterocycles. The molecule has 4 aromatic rings. The van der Waals surface area contributed by atoms with E-state index in [4.69, 9.17) is 0 Å². The second-order valence-corrected chi connectivity index (χ2v) is 5.94. The lowest BCUT2D eigenvalue weighted by Crippen LogP contribution is -1.94. The van der Waals surface area contributed by atoms with Crippen LogP contribution in [0.1, 0.15) is 5.56 Å². The lowest BCUT2D eigenvalue weighted by Gasteiger charge is -2.07. The molecule has 4 nitrogen and oxygen atoms in total. The summed E-state index contributed by atoms with van der Waals surface area (Å²) in [7, 11) is 0. The first kappa shape index (κ1) is 13.2. The fraction of sp³-hybridized carbons (Fsp3) is 0.0588. The van der Waals surface area contributed by atoms with Crippen molar-refractivity contribution >= 4 is 22.7 Å². The zero-order valence-corrected chi connectivity index (χ0v) is 12.6. The van der Waals surface area contributed by atoms with Crippen LogP contribution in [0.4, 0.5) is 0 Å². The summed E-state index contributed by atoms with van der Waals surface area (Å²) in [5.74, 6) is 0.874. The van der Waals surface area contributed by atoms with Crippen LogP contribution in [0.2, 0.25) is 0 Å². The van der Waals surface area contributed by atoms with Gasteiger partial charge in [-0.15, -0.1) is 0 Å². The van der Waals surface area contributed by atoms with Crippen molar-refractivity contribution in [3.8, 4) is 5.69 Å². The maximum absolute atomic E-state index is 4.47. The van der Waals surface area contributed by atoms with Gasteiger partial charge < -0.3 is 0 Å². The highest BCUT2D eigenvalue weighted by Crippen LogP contribution is 2.25. The van der Waals surface area contributed by atoms with Crippen molar-refractivity contribution in [2.24, 2.45) is 0 Å². The molecule has 0 amide bonds. The Hall–Kier alpha value is -2.53. The van der Waals surface area contributed by atoms with Crippen LogP contribution in [-0.2, 0) is 5.75 Å². The topological polar surface area (TPSA) is 46.5 Å². The van der Waals surface area contributed by atoms with Gasteiger partial charge in [-0.05, 0) is 23.8 Å². The number of H-pyrrole nitrogens is 1. The molecule has 0 bridgehead atoms. The first-order valence-electron chi connectivity index (χ1n) is 7.04. The van der Waals surface area contributed by atoms with Crippen LogP contribution in [-0.4, -0.2) is 19.7 Å². The normalized spacial score (nSPS) is 11.1. The maximum Gasteiger partial charge on any atom is 0.172 e. The number of nitrogens with one attached hydrogen (secondary N) is 1. The second kappa shape index (κ2) is 5.69. The van der Waals surface area contributed by atoms with E-state index in [1.165, 1.54) is 5.56 Å². The van der Waals surface area contributed by atoms with Crippen LogP contribution in [0.3, 0.4) is 0 Å². The molecule has 0 radical (unpaired) electrons. The van der Waals surface area contributed by atoms with Gasteiger partial charge in [0.2, 0.25) is 0 Å². The van der Waals surface area contributed by atoms with E-state index in [-0.39, 0.29) is 0 Å². The van der Waals surface area contributed by atoms with Crippen LogP contribution in [0.25, 0.3) is 16.6 Å². The molecule has 0 aliphatic carbocycles. The summed E-state index contributed by atoms with van der Waals surface area (Å²) in [6.45, 7) is 0. The quantitative estimate of drug-likeness (QED) is 0.579. The van der Waals surface area contributed by atoms with Crippen LogP contribution >= 0.6 is 11.8 Å². The van der Waals surface area contributed by atoms with Gasteiger partial charge in [-0.3, -0.25) is 9.67 Å². The lowest BCUT2D eigenvalue weighted by molar-refractivity contribution is 0.895. The molecule has 4 rings (SSSR count). The van der Waals surface area contributed by atoms with Gasteiger partial charge in [-0.25, -0.2) is 4.98 Å². The van der Waals surface area contributed by atoms with Gasteiger partial charge in [0.1, 0.15) is 0 Å². The Bertz CT molecular complexity index is 895. The molecular formula is C17H14N4S. The van der Waals surface area contributed by atoms with Gasteiger partial charge in [0.15, 0.2) is 5.16 Å². The lowest BCUT2D eigenvalue weighted by atomic mass is 10.2. The number of aromatic amines is 1. The summed E-state index contributed by atoms with van der Waals surface area (Å²) < 4.78 is 2.11. The highest BCUT2D eigenvalue weighted by molar-refractivity contribution is 7.98. The maximum atomic E-state index is 4.47. The Labute approximate surface area is 132 Å². The zero-order chi connectivity index (χ0) is 14.8. The SMILES string of the molecule is c1ccc(-n2ccnc2SCc2ccc3cn[nH]c3c2)cc1. The number of rotatable bonds is 4. The summed E-state index contributed by atoms with van der Waals surface area (Å²) in [6, 6.07) is 16.6. The third kappa shape index (κ3) is 2.51. The third-order valence-electron chi connectivity index (χ3n) is 3.52. The average Bonchev–Trinajstić information content (AvgIpc) is 3.22. The van der Waals surface area contributed by atoms with E-state index in [2.05, 4.69) is 50.1 Å². The molecule has 0 aliphatic rings. The highest BCUT2D eigenvalue weighted by Gasteiger charge is 2.06. The minimum atomic E-state index is 0.874. The Kier molecular flexibility index (Phi) is 3.40. The summed E-state index contributed by atoms with van der Waals surface area (Å²) in [5.41, 5.74) is 3.46. The minimum absolute atomic E-state index is 0.874. The van der Waals surface area contributed by atoms with Gasteiger partial charge >= 0.3 is 0 Å². The van der Waals surface area contributed by atoms with Crippen molar-refractivity contribution in [3.63, 3.8) is 0 Å². The fourth-order valence-corrected chi connectivity index (χ4v) is 3.32. The molecule has 2 aromatic heterocycles. The number of thioether (sulfide) groups is 1. The molecule has 0 saturated heterocycles. The van der Waals surface area contributed by atoms with Crippen LogP contribution in [0.15, 0.2) is 72.3 Å². The van der Waals surface area contributed by atoms with Gasteiger partial charge in [0.05, 0.1) is 11.7 Å². The smallest absolute Gasteiger partial charge is 0.172 e. The van der Waals surface area contributed by atoms with E-state index in [1.807, 2.05) is 36.8 Å². The van der Waals surface area contributed by atoms with Crippen LogP contribution < -0.4 is 0 Å². The number of imidazole rings is 1. The summed E-state index contributed by atoms with van der Waals surface area (Å²) in [6.07, 6.45) is 5.68. The van der Waals surface area contributed by atoms with Gasteiger partial charge in [0, 0.05) is 29.2 Å². The van der Waals surface area contributed by atoms with E-state index < -0.39 is 0 Å². The number of hydrogen-bond donors (Lipinski definition) is 1. The van der Waals surface area contributed by atoms with Crippen molar-refractivity contribution in [2.45, 2.75) is 10.9 Å². The number of fused-ring (bicyclic) bond motifs is 1. The predicted octanol–water partition coefficient (Wildman–Crippen LogP) is 4.04. The summed E-state index contributed by atoms with van der Waals surface area (Å²) in [4.78, 5) is 4.47. The van der Waals surface area contributed by atoms with E-state index in [0.717, 1.165) is 27.5 Å². The molecular weight excluding hydrogens is 292 g/mol. The molecule has 0 spiro atoms. The van der Waals surface area contributed by atoms with Crippen molar-refractivity contribution in [2.75, 3.05) is 0 Å². The number of nitrogens with zero attached hydrogens (tertiary/aromatic N) is 3. The standard InChI is InChI=1S/C17H14N4S/c1-2-4-15(5-3-1)21-9-8-18-17(21)22-12-13-6-7-14-11-19-20-16(14)10-13/h1-11H,12H2,(H,19,20). The van der Waals surface area contributed by atoms with E-state index in [1.54, 1.807) is 11.8 Å². The summed E-state index contributed by atoms with van der Waals surface area (Å²) >= 11 is 1.73. The van der Waals surface area contributed by atoms with Crippen molar-refractivity contribution < 1.29 is 0 Å². The predicted molar refractivity (Wildman–Crippen MR) is 89.2 cm³/mol. The van der Waals surface area contributed by atoms with Gasteiger partial charge in [-0.1, -0.05) is 42.1 Å². The molecule has 1 N–H and O–H groups in total. The van der Waals surface area contributed by atoms with Gasteiger partial charge in [-0.2, -0.15) is 5.10 Å². The van der Waals surface area contributed by atoms with E-state index >= 15 is 0 Å². The van der Waals surface area contributed by atoms with E-state index in [9.17, 15) is 0 Å². The molecule has 2 aromatic carbocycles. The number of hydrogen-bond acceptors (Lipinski definition) is 3. The van der Waals surface area contributed by atoms with Gasteiger partial charge in [0.25, 0.3) is 0 Å². The molecule has 5 heteroatoms.